The summed E-state index contributed by atoms with van der Waals surface area (Å²) in [5.74, 6) is 0.0625. The molecule has 3 rings (SSSR count). The fourth-order valence-corrected chi connectivity index (χ4v) is 2.12. The lowest BCUT2D eigenvalue weighted by Crippen LogP contribution is -2.11. The van der Waals surface area contributed by atoms with Crippen molar-refractivity contribution in [2.75, 3.05) is 5.73 Å². The Morgan fingerprint density at radius 1 is 1.43 bits per heavy atom. The van der Waals surface area contributed by atoms with Gasteiger partial charge in [-0.1, -0.05) is 5.21 Å². The number of aromatic nitrogens is 7. The molecule has 0 aliphatic carbocycles. The number of aryl methyl sites for hydroxylation is 1. The van der Waals surface area contributed by atoms with Crippen LogP contribution in [0.15, 0.2) is 23.3 Å². The maximum Gasteiger partial charge on any atom is 0.252 e. The van der Waals surface area contributed by atoms with Gasteiger partial charge in [0.2, 0.25) is 5.95 Å². The normalized spacial score (nSPS) is 11.0. The minimum Gasteiger partial charge on any atom is -0.369 e. The molecule has 0 amide bonds. The van der Waals surface area contributed by atoms with Gasteiger partial charge in [-0.15, -0.1) is 5.10 Å². The van der Waals surface area contributed by atoms with Crippen molar-refractivity contribution in [3.8, 4) is 11.4 Å². The first kappa shape index (κ1) is 13.0. The second-order valence-electron chi connectivity index (χ2n) is 4.65. The van der Waals surface area contributed by atoms with Gasteiger partial charge in [0, 0.05) is 30.6 Å². The molecule has 0 unspecified atom stereocenters. The molecule has 0 fully saturated rings. The van der Waals surface area contributed by atoms with Crippen molar-refractivity contribution in [2.45, 2.75) is 13.5 Å². The van der Waals surface area contributed by atoms with Crippen LogP contribution >= 0.6 is 0 Å². The van der Waals surface area contributed by atoms with E-state index in [9.17, 15) is 4.79 Å². The largest absolute Gasteiger partial charge is 0.369 e. The number of nitrogen functional groups attached to an aromatic ring is 1. The van der Waals surface area contributed by atoms with E-state index in [1.165, 1.54) is 6.07 Å². The van der Waals surface area contributed by atoms with E-state index >= 15 is 0 Å². The molecule has 0 spiro atoms. The van der Waals surface area contributed by atoms with Crippen molar-refractivity contribution < 1.29 is 0 Å². The second-order valence-corrected chi connectivity index (χ2v) is 4.65. The Morgan fingerprint density at radius 2 is 2.24 bits per heavy atom. The van der Waals surface area contributed by atoms with Gasteiger partial charge in [0.1, 0.15) is 11.4 Å². The molecule has 0 aliphatic rings. The summed E-state index contributed by atoms with van der Waals surface area (Å²) < 4.78 is 3.42. The van der Waals surface area contributed by atoms with Gasteiger partial charge in [-0.05, 0) is 6.92 Å². The summed E-state index contributed by atoms with van der Waals surface area (Å²) in [6.07, 6.45) is 3.37. The molecule has 0 atom stereocenters. The van der Waals surface area contributed by atoms with E-state index in [2.05, 4.69) is 25.4 Å². The molecule has 0 aromatic carbocycles. The third-order valence-electron chi connectivity index (χ3n) is 3.25. The van der Waals surface area contributed by atoms with Gasteiger partial charge in [-0.3, -0.25) is 14.5 Å². The van der Waals surface area contributed by atoms with Crippen LogP contribution in [0.1, 0.15) is 11.3 Å². The van der Waals surface area contributed by atoms with E-state index in [0.717, 1.165) is 11.3 Å². The lowest BCUT2D eigenvalue weighted by molar-refractivity contribution is 0.645. The average molecular weight is 286 g/mol. The Kier molecular flexibility index (Phi) is 3.01. The van der Waals surface area contributed by atoms with Crippen molar-refractivity contribution in [1.29, 1.82) is 0 Å². The van der Waals surface area contributed by atoms with Gasteiger partial charge in [0.15, 0.2) is 0 Å². The summed E-state index contributed by atoms with van der Waals surface area (Å²) in [6, 6.07) is 1.38. The van der Waals surface area contributed by atoms with Gasteiger partial charge in [0.05, 0.1) is 12.7 Å². The number of hydrogen-bond acceptors (Lipinski definition) is 6. The van der Waals surface area contributed by atoms with E-state index < -0.39 is 0 Å². The minimum absolute atomic E-state index is 0.0625. The standard InChI is InChI=1S/C12H14N8O/c1-7-8(6-20-4-3-14-18-20)11(17-19(7)2)9-5-10(21)16-12(13)15-9/h3-5H,6H2,1-2H3,(H3,13,15,16,21). The number of nitrogens with one attached hydrogen (secondary N) is 1. The minimum atomic E-state index is -0.312. The van der Waals surface area contributed by atoms with Crippen LogP contribution in [0.25, 0.3) is 11.4 Å². The van der Waals surface area contributed by atoms with E-state index in [1.54, 1.807) is 21.8 Å². The molecule has 3 aromatic heterocycles. The smallest absolute Gasteiger partial charge is 0.252 e. The van der Waals surface area contributed by atoms with Gasteiger partial charge < -0.3 is 5.73 Å². The summed E-state index contributed by atoms with van der Waals surface area (Å²) in [7, 11) is 1.83. The topological polar surface area (TPSA) is 120 Å². The van der Waals surface area contributed by atoms with Gasteiger partial charge in [0.25, 0.3) is 5.56 Å². The fraction of sp³-hybridized carbons (Fsp3) is 0.250. The van der Waals surface area contributed by atoms with Crippen LogP contribution in [0.5, 0.6) is 0 Å². The van der Waals surface area contributed by atoms with Crippen LogP contribution in [0.3, 0.4) is 0 Å². The summed E-state index contributed by atoms with van der Waals surface area (Å²) in [5, 5.41) is 12.2. The van der Waals surface area contributed by atoms with Gasteiger partial charge in [-0.25, -0.2) is 9.67 Å². The highest BCUT2D eigenvalue weighted by molar-refractivity contribution is 5.60. The van der Waals surface area contributed by atoms with Crippen LogP contribution < -0.4 is 11.3 Å². The van der Waals surface area contributed by atoms with E-state index in [-0.39, 0.29) is 11.5 Å². The van der Waals surface area contributed by atoms with Crippen LogP contribution in [0.4, 0.5) is 5.95 Å². The highest BCUT2D eigenvalue weighted by Gasteiger charge is 2.17. The summed E-state index contributed by atoms with van der Waals surface area (Å²) in [6.45, 7) is 2.43. The van der Waals surface area contributed by atoms with Crippen molar-refractivity contribution in [3.05, 3.63) is 40.1 Å². The van der Waals surface area contributed by atoms with Crippen LogP contribution in [-0.4, -0.2) is 34.7 Å². The molecule has 0 saturated heterocycles. The quantitative estimate of drug-likeness (QED) is 0.682. The van der Waals surface area contributed by atoms with Crippen LogP contribution in [0.2, 0.25) is 0 Å². The SMILES string of the molecule is Cc1c(Cn2ccnn2)c(-c2cc(=O)[nH]c(N)n2)nn1C. The molecule has 0 radical (unpaired) electrons. The Bertz CT molecular complexity index is 830. The maximum atomic E-state index is 11.6. The zero-order chi connectivity index (χ0) is 15.0. The number of nitrogens with zero attached hydrogens (tertiary/aromatic N) is 6. The zero-order valence-corrected chi connectivity index (χ0v) is 11.6. The molecule has 3 heterocycles. The maximum absolute atomic E-state index is 11.6. The Morgan fingerprint density at radius 3 is 2.90 bits per heavy atom. The number of hydrogen-bond donors (Lipinski definition) is 2. The molecule has 9 nitrogen and oxygen atoms in total. The third kappa shape index (κ3) is 2.40. The van der Waals surface area contributed by atoms with E-state index in [4.69, 9.17) is 5.73 Å². The predicted molar refractivity (Wildman–Crippen MR) is 75.3 cm³/mol. The van der Waals surface area contributed by atoms with Crippen LogP contribution in [0, 0.1) is 6.92 Å². The molecular weight excluding hydrogens is 272 g/mol. The molecule has 3 aromatic rings. The highest BCUT2D eigenvalue weighted by atomic mass is 16.1. The summed E-state index contributed by atoms with van der Waals surface area (Å²) in [5.41, 5.74) is 8.22. The lowest BCUT2D eigenvalue weighted by Gasteiger charge is -2.04. The molecule has 108 valence electrons. The number of anilines is 1. The molecule has 0 saturated carbocycles. The van der Waals surface area contributed by atoms with E-state index in [0.29, 0.717) is 17.9 Å². The molecule has 0 bridgehead atoms. The first-order valence-corrected chi connectivity index (χ1v) is 6.28. The van der Waals surface area contributed by atoms with Crippen molar-refractivity contribution in [3.63, 3.8) is 0 Å². The van der Waals surface area contributed by atoms with E-state index in [1.807, 2.05) is 14.0 Å². The zero-order valence-electron chi connectivity index (χ0n) is 11.6. The summed E-state index contributed by atoms with van der Waals surface area (Å²) >= 11 is 0. The van der Waals surface area contributed by atoms with Crippen molar-refractivity contribution in [2.24, 2.45) is 7.05 Å². The second kappa shape index (κ2) is 4.85. The summed E-state index contributed by atoms with van der Waals surface area (Å²) in [4.78, 5) is 18.1. The lowest BCUT2D eigenvalue weighted by atomic mass is 10.1. The van der Waals surface area contributed by atoms with Crippen molar-refractivity contribution >= 4 is 5.95 Å². The number of nitrogens with two attached hydrogens (primary N) is 1. The number of aromatic amines is 1. The molecule has 21 heavy (non-hydrogen) atoms. The molecule has 3 N–H and O–H groups in total. The Hall–Kier alpha value is -2.97. The average Bonchev–Trinajstić information content (AvgIpc) is 3.01. The number of H-pyrrole nitrogens is 1. The van der Waals surface area contributed by atoms with Crippen LogP contribution in [-0.2, 0) is 13.6 Å². The first-order valence-electron chi connectivity index (χ1n) is 6.28. The Balaban J connectivity index is 2.14. The third-order valence-corrected chi connectivity index (χ3v) is 3.25. The molecular formula is C12H14N8O. The number of rotatable bonds is 3. The fourth-order valence-electron chi connectivity index (χ4n) is 2.12. The molecule has 0 aliphatic heterocycles. The highest BCUT2D eigenvalue weighted by Crippen LogP contribution is 2.23. The van der Waals surface area contributed by atoms with Gasteiger partial charge in [-0.2, -0.15) is 5.10 Å². The Labute approximate surface area is 119 Å². The monoisotopic (exact) mass is 286 g/mol. The van der Waals surface area contributed by atoms with Crippen molar-refractivity contribution in [1.82, 2.24) is 34.7 Å². The predicted octanol–water partition coefficient (Wildman–Crippen LogP) is -0.299. The first-order chi connectivity index (χ1) is 10.0. The molecule has 9 heteroatoms. The van der Waals surface area contributed by atoms with Gasteiger partial charge >= 0.3 is 0 Å².